The highest BCUT2D eigenvalue weighted by molar-refractivity contribution is 5.91. The number of hydrogen-bond donors (Lipinski definition) is 2. The third-order valence-corrected chi connectivity index (χ3v) is 4.79. The quantitative estimate of drug-likeness (QED) is 0.713. The molecule has 0 heterocycles. The summed E-state index contributed by atoms with van der Waals surface area (Å²) in [7, 11) is 5.25. The number of nitrogens with one attached hydrogen (secondary N) is 2. The third-order valence-electron chi connectivity index (χ3n) is 4.79. The Morgan fingerprint density at radius 2 is 1.74 bits per heavy atom. The highest BCUT2D eigenvalue weighted by Crippen LogP contribution is 2.27. The topological polar surface area (TPSA) is 52.0 Å². The summed E-state index contributed by atoms with van der Waals surface area (Å²) in [6, 6.07) is 14.0. The fourth-order valence-corrected chi connectivity index (χ4v) is 3.01. The number of carbonyl (C=O) groups excluding carboxylic acids is 1. The van der Waals surface area contributed by atoms with E-state index >= 15 is 0 Å². The molecule has 0 bridgehead atoms. The van der Waals surface area contributed by atoms with Crippen molar-refractivity contribution >= 4 is 11.6 Å². The predicted molar refractivity (Wildman–Crippen MR) is 109 cm³/mol. The lowest BCUT2D eigenvalue weighted by Crippen LogP contribution is -3.08. The lowest BCUT2D eigenvalue weighted by Gasteiger charge is -2.16. The fourth-order valence-electron chi connectivity index (χ4n) is 3.01. The monoisotopic (exact) mass is 371 g/mol. The first-order valence-corrected chi connectivity index (χ1v) is 9.38. The van der Waals surface area contributed by atoms with Gasteiger partial charge in [0.2, 0.25) is 0 Å². The van der Waals surface area contributed by atoms with Crippen molar-refractivity contribution in [1.29, 1.82) is 0 Å². The Morgan fingerprint density at radius 3 is 2.33 bits per heavy atom. The molecule has 0 aliphatic rings. The van der Waals surface area contributed by atoms with Crippen LogP contribution in [-0.2, 0) is 11.3 Å². The van der Waals surface area contributed by atoms with E-state index in [1.54, 1.807) is 14.2 Å². The van der Waals surface area contributed by atoms with E-state index in [9.17, 15) is 4.79 Å². The van der Waals surface area contributed by atoms with E-state index in [4.69, 9.17) is 9.47 Å². The van der Waals surface area contributed by atoms with Crippen LogP contribution < -0.4 is 19.7 Å². The molecule has 2 rings (SSSR count). The lowest BCUT2D eigenvalue weighted by molar-refractivity contribution is -0.885. The van der Waals surface area contributed by atoms with Gasteiger partial charge < -0.3 is 19.7 Å². The van der Waals surface area contributed by atoms with Crippen molar-refractivity contribution < 1.29 is 19.2 Å². The molecular weight excluding hydrogens is 340 g/mol. The van der Waals surface area contributed by atoms with Crippen LogP contribution in [0.4, 0.5) is 5.69 Å². The first kappa shape index (κ1) is 20.8. The number of benzene rings is 2. The van der Waals surface area contributed by atoms with E-state index in [0.717, 1.165) is 29.1 Å². The molecule has 0 aliphatic carbocycles. The molecule has 0 saturated carbocycles. The van der Waals surface area contributed by atoms with Crippen molar-refractivity contribution in [2.24, 2.45) is 0 Å². The maximum atomic E-state index is 12.3. The number of quaternary nitrogens is 1. The predicted octanol–water partition coefficient (Wildman–Crippen LogP) is 2.87. The number of anilines is 1. The van der Waals surface area contributed by atoms with Crippen LogP contribution in [0.3, 0.4) is 0 Å². The van der Waals surface area contributed by atoms with E-state index in [0.29, 0.717) is 24.0 Å². The Labute approximate surface area is 162 Å². The normalized spacial score (nSPS) is 12.9. The SMILES string of the molecule is CC[C@H](C)c1ccc(NC(=O)C[NH+](C)Cc2ccc(OC)c(OC)c2)cc1. The van der Waals surface area contributed by atoms with Crippen LogP contribution in [-0.4, -0.2) is 33.7 Å². The van der Waals surface area contributed by atoms with Gasteiger partial charge in [0.1, 0.15) is 6.54 Å². The molecule has 2 N–H and O–H groups in total. The second-order valence-corrected chi connectivity index (χ2v) is 6.98. The van der Waals surface area contributed by atoms with E-state index in [1.807, 2.05) is 37.4 Å². The zero-order chi connectivity index (χ0) is 19.8. The number of carbonyl (C=O) groups is 1. The number of ether oxygens (including phenoxy) is 2. The Bertz CT molecular complexity index is 744. The van der Waals surface area contributed by atoms with Gasteiger partial charge in [-0.2, -0.15) is 0 Å². The molecule has 27 heavy (non-hydrogen) atoms. The number of hydrogen-bond acceptors (Lipinski definition) is 3. The van der Waals surface area contributed by atoms with Gasteiger partial charge in [-0.25, -0.2) is 0 Å². The minimum atomic E-state index is 0.00395. The van der Waals surface area contributed by atoms with Crippen LogP contribution in [0.25, 0.3) is 0 Å². The largest absolute Gasteiger partial charge is 0.493 e. The first-order valence-electron chi connectivity index (χ1n) is 9.38. The van der Waals surface area contributed by atoms with Crippen molar-refractivity contribution in [3.8, 4) is 11.5 Å². The molecule has 2 aromatic rings. The van der Waals surface area contributed by atoms with Crippen LogP contribution in [0.1, 0.15) is 37.3 Å². The van der Waals surface area contributed by atoms with Crippen molar-refractivity contribution in [2.45, 2.75) is 32.7 Å². The van der Waals surface area contributed by atoms with Gasteiger partial charge in [0, 0.05) is 11.3 Å². The Morgan fingerprint density at radius 1 is 1.07 bits per heavy atom. The van der Waals surface area contributed by atoms with Gasteiger partial charge in [-0.05, 0) is 48.2 Å². The standard InChI is InChI=1S/C22H30N2O3/c1-6-16(2)18-8-10-19(11-9-18)23-22(25)15-24(3)14-17-7-12-20(26-4)21(13-17)27-5/h7-13,16H,6,14-15H2,1-5H3,(H,23,25)/p+1/t16-/m0/s1. The minimum absolute atomic E-state index is 0.00395. The van der Waals surface area contributed by atoms with Gasteiger partial charge in [-0.3, -0.25) is 4.79 Å². The summed E-state index contributed by atoms with van der Waals surface area (Å²) in [5.41, 5.74) is 3.23. The molecule has 1 amide bonds. The molecule has 0 spiro atoms. The average Bonchev–Trinajstić information content (AvgIpc) is 2.67. The second-order valence-electron chi connectivity index (χ2n) is 6.98. The van der Waals surface area contributed by atoms with E-state index in [2.05, 4.69) is 31.3 Å². The molecule has 0 aromatic heterocycles. The van der Waals surface area contributed by atoms with E-state index in [1.165, 1.54) is 5.56 Å². The van der Waals surface area contributed by atoms with Crippen molar-refractivity contribution in [2.75, 3.05) is 33.1 Å². The van der Waals surface area contributed by atoms with Crippen LogP contribution >= 0.6 is 0 Å². The number of rotatable bonds is 9. The molecule has 2 atom stereocenters. The molecule has 146 valence electrons. The summed E-state index contributed by atoms with van der Waals surface area (Å²) in [4.78, 5) is 13.4. The highest BCUT2D eigenvalue weighted by Gasteiger charge is 2.13. The molecule has 0 fully saturated rings. The van der Waals surface area contributed by atoms with Gasteiger partial charge in [0.15, 0.2) is 18.0 Å². The fraction of sp³-hybridized carbons (Fsp3) is 0.409. The Hall–Kier alpha value is -2.53. The lowest BCUT2D eigenvalue weighted by atomic mass is 9.99. The van der Waals surface area contributed by atoms with Crippen LogP contribution in [0.5, 0.6) is 11.5 Å². The van der Waals surface area contributed by atoms with Gasteiger partial charge in [-0.1, -0.05) is 26.0 Å². The van der Waals surface area contributed by atoms with Gasteiger partial charge in [0.25, 0.3) is 5.91 Å². The molecular formula is C22H31N2O3+. The second kappa shape index (κ2) is 9.97. The van der Waals surface area contributed by atoms with Crippen molar-refractivity contribution in [3.63, 3.8) is 0 Å². The summed E-state index contributed by atoms with van der Waals surface area (Å²) in [6.45, 7) is 5.50. The first-order chi connectivity index (χ1) is 13.0. The Balaban J connectivity index is 1.90. The van der Waals surface area contributed by atoms with Gasteiger partial charge in [-0.15, -0.1) is 0 Å². The average molecular weight is 372 g/mol. The van der Waals surface area contributed by atoms with Crippen molar-refractivity contribution in [3.05, 3.63) is 53.6 Å². The van der Waals surface area contributed by atoms with Crippen LogP contribution in [0.2, 0.25) is 0 Å². The van der Waals surface area contributed by atoms with Gasteiger partial charge >= 0.3 is 0 Å². The number of likely N-dealkylation sites (N-methyl/N-ethyl adjacent to an activating group) is 1. The summed E-state index contributed by atoms with van der Waals surface area (Å²) in [5, 5.41) is 2.98. The molecule has 2 aromatic carbocycles. The summed E-state index contributed by atoms with van der Waals surface area (Å²) in [6.07, 6.45) is 1.11. The molecule has 5 nitrogen and oxygen atoms in total. The van der Waals surface area contributed by atoms with E-state index in [-0.39, 0.29) is 5.91 Å². The van der Waals surface area contributed by atoms with Gasteiger partial charge in [0.05, 0.1) is 21.3 Å². The zero-order valence-electron chi connectivity index (χ0n) is 17.0. The summed E-state index contributed by atoms with van der Waals surface area (Å²) < 4.78 is 10.6. The molecule has 0 radical (unpaired) electrons. The number of methoxy groups -OCH3 is 2. The smallest absolute Gasteiger partial charge is 0.279 e. The van der Waals surface area contributed by atoms with E-state index < -0.39 is 0 Å². The molecule has 5 heteroatoms. The highest BCUT2D eigenvalue weighted by atomic mass is 16.5. The molecule has 0 saturated heterocycles. The molecule has 1 unspecified atom stereocenters. The third kappa shape index (κ3) is 6.00. The zero-order valence-corrected chi connectivity index (χ0v) is 17.0. The van der Waals surface area contributed by atoms with Crippen LogP contribution in [0.15, 0.2) is 42.5 Å². The number of amides is 1. The van der Waals surface area contributed by atoms with Crippen LogP contribution in [0, 0.1) is 0 Å². The maximum Gasteiger partial charge on any atom is 0.279 e. The summed E-state index contributed by atoms with van der Waals surface area (Å²) in [5.74, 6) is 1.95. The Kier molecular flexibility index (Phi) is 7.67. The summed E-state index contributed by atoms with van der Waals surface area (Å²) >= 11 is 0. The van der Waals surface area contributed by atoms with Crippen molar-refractivity contribution in [1.82, 2.24) is 0 Å². The minimum Gasteiger partial charge on any atom is -0.493 e. The molecule has 0 aliphatic heterocycles. The maximum absolute atomic E-state index is 12.3.